The standard InChI is InChI=1S/C33H49NO3S/c1-19(2)38-23-16-24-31(6,21-15-22(35)28(37)20(3)27(21)23)12-14-33(8)25-17-29(4,18-26(34)36)9-10-30(25,5)11-13-32(24,33)7/h15-16,19,23,25,35,37H,9-14,17-18H2,1-8H3,(H2,34,36)/t23?,25-,29-,30-,31+,32-,33+/m1/s1. The quantitative estimate of drug-likeness (QED) is 0.267. The Morgan fingerprint density at radius 2 is 1.71 bits per heavy atom. The number of aromatic hydroxyl groups is 2. The van der Waals surface area contributed by atoms with Crippen molar-refractivity contribution in [3.8, 4) is 11.5 Å². The number of nitrogens with two attached hydrogens (primary N) is 1. The molecule has 0 heterocycles. The van der Waals surface area contributed by atoms with Gasteiger partial charge in [-0.05, 0) is 107 Å². The third-order valence-corrected chi connectivity index (χ3v) is 13.4. The number of benzene rings is 1. The number of hydrogen-bond acceptors (Lipinski definition) is 4. The summed E-state index contributed by atoms with van der Waals surface area (Å²) in [6.45, 7) is 18.7. The Morgan fingerprint density at radius 1 is 1.05 bits per heavy atom. The maximum atomic E-state index is 12.1. The van der Waals surface area contributed by atoms with Gasteiger partial charge in [0.2, 0.25) is 5.91 Å². The molecule has 1 aromatic rings. The maximum absolute atomic E-state index is 12.1. The summed E-state index contributed by atoms with van der Waals surface area (Å²) >= 11 is 1.95. The molecule has 3 fully saturated rings. The van der Waals surface area contributed by atoms with Crippen molar-refractivity contribution >= 4 is 17.7 Å². The molecule has 0 saturated heterocycles. The van der Waals surface area contributed by atoms with E-state index in [-0.39, 0.29) is 44.3 Å². The van der Waals surface area contributed by atoms with Crippen molar-refractivity contribution in [2.45, 2.75) is 123 Å². The predicted molar refractivity (Wildman–Crippen MR) is 157 cm³/mol. The second-order valence-electron chi connectivity index (χ2n) is 15.0. The first-order valence-corrected chi connectivity index (χ1v) is 15.7. The van der Waals surface area contributed by atoms with E-state index in [4.69, 9.17) is 5.73 Å². The van der Waals surface area contributed by atoms with Crippen LogP contribution in [0.3, 0.4) is 0 Å². The van der Waals surface area contributed by atoms with Crippen LogP contribution in [0, 0.1) is 34.5 Å². The molecular formula is C33H49NO3S. The van der Waals surface area contributed by atoms with Gasteiger partial charge in [-0.3, -0.25) is 4.79 Å². The zero-order valence-corrected chi connectivity index (χ0v) is 25.6. The Kier molecular flexibility index (Phi) is 6.39. The van der Waals surface area contributed by atoms with E-state index in [1.807, 2.05) is 24.8 Å². The van der Waals surface area contributed by atoms with Crippen molar-refractivity contribution in [1.29, 1.82) is 0 Å². The second-order valence-corrected chi connectivity index (χ2v) is 16.7. The first-order valence-electron chi connectivity index (χ1n) is 14.7. The van der Waals surface area contributed by atoms with Crippen LogP contribution in [0.15, 0.2) is 17.7 Å². The summed E-state index contributed by atoms with van der Waals surface area (Å²) in [7, 11) is 0. The normalized spacial score (nSPS) is 42.0. The second kappa shape index (κ2) is 8.69. The van der Waals surface area contributed by atoms with Gasteiger partial charge in [0, 0.05) is 17.1 Å². The van der Waals surface area contributed by atoms with Crippen molar-refractivity contribution in [3.63, 3.8) is 0 Å². The molecule has 5 rings (SSSR count). The average molecular weight is 540 g/mol. The molecule has 0 spiro atoms. The van der Waals surface area contributed by atoms with E-state index in [1.165, 1.54) is 36.0 Å². The number of rotatable bonds is 4. The molecule has 7 atom stereocenters. The summed E-state index contributed by atoms with van der Waals surface area (Å²) < 4.78 is 0. The number of phenols is 2. The summed E-state index contributed by atoms with van der Waals surface area (Å²) in [6.07, 6.45) is 10.9. The summed E-state index contributed by atoms with van der Waals surface area (Å²) in [6, 6.07) is 1.88. The number of primary amides is 1. The minimum absolute atomic E-state index is 0.00114. The minimum Gasteiger partial charge on any atom is -0.504 e. The largest absolute Gasteiger partial charge is 0.504 e. The van der Waals surface area contributed by atoms with Gasteiger partial charge in [0.1, 0.15) is 0 Å². The number of phenolic OH excluding ortho intramolecular Hbond substituents is 2. The van der Waals surface area contributed by atoms with Crippen LogP contribution in [0.4, 0.5) is 0 Å². The highest BCUT2D eigenvalue weighted by molar-refractivity contribution is 8.00. The summed E-state index contributed by atoms with van der Waals surface area (Å²) in [5, 5.41) is 22.1. The van der Waals surface area contributed by atoms with Crippen LogP contribution in [0.1, 0.15) is 122 Å². The molecule has 210 valence electrons. The van der Waals surface area contributed by atoms with Crippen LogP contribution in [0.5, 0.6) is 11.5 Å². The van der Waals surface area contributed by atoms with Crippen molar-refractivity contribution in [1.82, 2.24) is 0 Å². The zero-order chi connectivity index (χ0) is 28.1. The van der Waals surface area contributed by atoms with Crippen molar-refractivity contribution in [2.75, 3.05) is 0 Å². The Morgan fingerprint density at radius 3 is 2.34 bits per heavy atom. The van der Waals surface area contributed by atoms with E-state index in [9.17, 15) is 15.0 Å². The SMILES string of the molecule is Cc1c(O)c(O)cc2c1C(SC(C)C)C=C1[C@@]2(C)CC[C@@]2(C)[C@@H]3C[C@](C)(CC(N)=O)CC[C@]3(C)CC[C@]12C. The summed E-state index contributed by atoms with van der Waals surface area (Å²) in [5.41, 5.74) is 10.7. The highest BCUT2D eigenvalue weighted by Crippen LogP contribution is 2.75. The van der Waals surface area contributed by atoms with Crippen LogP contribution >= 0.6 is 11.8 Å². The van der Waals surface area contributed by atoms with Gasteiger partial charge >= 0.3 is 0 Å². The number of amides is 1. The van der Waals surface area contributed by atoms with Gasteiger partial charge in [-0.2, -0.15) is 0 Å². The fraction of sp³-hybridized carbons (Fsp3) is 0.727. The minimum atomic E-state index is -0.174. The molecule has 1 amide bonds. The van der Waals surface area contributed by atoms with E-state index in [1.54, 1.807) is 0 Å². The number of fused-ring (bicyclic) bond motifs is 7. The number of thioether (sulfide) groups is 1. The molecule has 0 bridgehead atoms. The Balaban J connectivity index is 1.66. The van der Waals surface area contributed by atoms with E-state index in [2.05, 4.69) is 54.5 Å². The summed E-state index contributed by atoms with van der Waals surface area (Å²) in [4.78, 5) is 12.1. The van der Waals surface area contributed by atoms with E-state index < -0.39 is 0 Å². The van der Waals surface area contributed by atoms with Gasteiger partial charge in [0.25, 0.3) is 0 Å². The first kappa shape index (κ1) is 27.9. The molecule has 5 heteroatoms. The molecule has 38 heavy (non-hydrogen) atoms. The number of hydrogen-bond donors (Lipinski definition) is 3. The molecule has 0 aliphatic heterocycles. The molecule has 4 aliphatic carbocycles. The van der Waals surface area contributed by atoms with E-state index >= 15 is 0 Å². The van der Waals surface area contributed by atoms with Gasteiger partial charge in [0.15, 0.2) is 11.5 Å². The summed E-state index contributed by atoms with van der Waals surface area (Å²) in [5.74, 6) is 0.385. The van der Waals surface area contributed by atoms with Crippen molar-refractivity contribution in [3.05, 3.63) is 34.4 Å². The topological polar surface area (TPSA) is 83.6 Å². The maximum Gasteiger partial charge on any atom is 0.217 e. The van der Waals surface area contributed by atoms with Crippen LogP contribution in [0.25, 0.3) is 0 Å². The number of allylic oxidation sites excluding steroid dienone is 1. The first-order chi connectivity index (χ1) is 17.5. The highest BCUT2D eigenvalue weighted by atomic mass is 32.2. The van der Waals surface area contributed by atoms with E-state index in [0.29, 0.717) is 23.0 Å². The molecular weight excluding hydrogens is 490 g/mol. The van der Waals surface area contributed by atoms with Gasteiger partial charge in [-0.1, -0.05) is 60.1 Å². The molecule has 0 radical (unpaired) electrons. The molecule has 1 unspecified atom stereocenters. The molecule has 0 aromatic heterocycles. The Hall–Kier alpha value is -1.62. The molecule has 1 aromatic carbocycles. The third-order valence-electron chi connectivity index (χ3n) is 12.2. The smallest absolute Gasteiger partial charge is 0.217 e. The van der Waals surface area contributed by atoms with Crippen LogP contribution in [-0.2, 0) is 10.2 Å². The number of carbonyl (C=O) groups is 1. The van der Waals surface area contributed by atoms with Crippen molar-refractivity contribution < 1.29 is 15.0 Å². The Bertz CT molecular complexity index is 1210. The molecule has 4 nitrogen and oxygen atoms in total. The Labute approximate surface area is 234 Å². The zero-order valence-electron chi connectivity index (χ0n) is 24.8. The van der Waals surface area contributed by atoms with Crippen molar-refractivity contribution in [2.24, 2.45) is 33.3 Å². The lowest BCUT2D eigenvalue weighted by molar-refractivity contribution is -0.161. The lowest BCUT2D eigenvalue weighted by Gasteiger charge is -2.70. The van der Waals surface area contributed by atoms with Crippen LogP contribution < -0.4 is 5.73 Å². The monoisotopic (exact) mass is 539 g/mol. The van der Waals surface area contributed by atoms with Gasteiger partial charge < -0.3 is 15.9 Å². The fourth-order valence-electron chi connectivity index (χ4n) is 9.74. The van der Waals surface area contributed by atoms with Gasteiger partial charge in [-0.25, -0.2) is 0 Å². The van der Waals surface area contributed by atoms with Crippen LogP contribution in [-0.4, -0.2) is 21.4 Å². The molecule has 4 N–H and O–H groups in total. The average Bonchev–Trinajstić information content (AvgIpc) is 2.81. The third kappa shape index (κ3) is 3.80. The fourth-order valence-corrected chi connectivity index (χ4v) is 11.0. The molecule has 4 aliphatic rings. The predicted octanol–water partition coefficient (Wildman–Crippen LogP) is 8.07. The van der Waals surface area contributed by atoms with Gasteiger partial charge in [-0.15, -0.1) is 11.8 Å². The van der Waals surface area contributed by atoms with E-state index in [0.717, 1.165) is 31.2 Å². The van der Waals surface area contributed by atoms with Gasteiger partial charge in [0.05, 0.1) is 0 Å². The molecule has 3 saturated carbocycles. The lowest BCUT2D eigenvalue weighted by atomic mass is 9.34. The lowest BCUT2D eigenvalue weighted by Crippen LogP contribution is -2.62. The van der Waals surface area contributed by atoms with Crippen LogP contribution in [0.2, 0.25) is 0 Å². The number of carbonyl (C=O) groups excluding carboxylic acids is 1. The highest BCUT2D eigenvalue weighted by Gasteiger charge is 2.66.